The number of aliphatic imine (C=N–C) groups is 1. The number of aromatic nitrogens is 1. The van der Waals surface area contributed by atoms with E-state index in [1.54, 1.807) is 11.3 Å². The highest BCUT2D eigenvalue weighted by Crippen LogP contribution is 2.10. The second-order valence-electron chi connectivity index (χ2n) is 6.63. The smallest absolute Gasteiger partial charge is 0.191 e. The summed E-state index contributed by atoms with van der Waals surface area (Å²) >= 11 is 1.76. The van der Waals surface area contributed by atoms with Gasteiger partial charge in [0, 0.05) is 31.4 Å². The Hall–Kier alpha value is -0.410. The Balaban J connectivity index is 0.00000338. The summed E-state index contributed by atoms with van der Waals surface area (Å²) in [5, 5.41) is 10.2. The number of halogens is 1. The van der Waals surface area contributed by atoms with Gasteiger partial charge in [-0.3, -0.25) is 4.99 Å². The van der Waals surface area contributed by atoms with Gasteiger partial charge in [0.25, 0.3) is 0 Å². The lowest BCUT2D eigenvalue weighted by Crippen LogP contribution is -2.38. The maximum Gasteiger partial charge on any atom is 0.191 e. The number of nitrogens with one attached hydrogen (secondary N) is 2. The molecule has 0 radical (unpaired) electrons. The maximum absolute atomic E-state index is 4.72. The van der Waals surface area contributed by atoms with Crippen LogP contribution in [0, 0.1) is 0 Å². The predicted molar refractivity (Wildman–Crippen MR) is 124 cm³/mol. The molecule has 0 bridgehead atoms. The van der Waals surface area contributed by atoms with Crippen LogP contribution in [0.4, 0.5) is 0 Å². The monoisotopic (exact) mass is 493 g/mol. The van der Waals surface area contributed by atoms with Crippen LogP contribution in [0.5, 0.6) is 0 Å². The van der Waals surface area contributed by atoms with Crippen molar-refractivity contribution >= 4 is 41.3 Å². The van der Waals surface area contributed by atoms with Crippen LogP contribution in [0.2, 0.25) is 0 Å². The lowest BCUT2D eigenvalue weighted by Gasteiger charge is -2.19. The fourth-order valence-electron chi connectivity index (χ4n) is 3.12. The van der Waals surface area contributed by atoms with Crippen molar-refractivity contribution in [3.63, 3.8) is 0 Å². The summed E-state index contributed by atoms with van der Waals surface area (Å²) in [6.07, 6.45) is 8.66. The van der Waals surface area contributed by atoms with Crippen molar-refractivity contribution in [2.45, 2.75) is 58.8 Å². The number of rotatable bonds is 9. The zero-order valence-corrected chi connectivity index (χ0v) is 19.6. The van der Waals surface area contributed by atoms with E-state index in [1.165, 1.54) is 56.0 Å². The summed E-state index contributed by atoms with van der Waals surface area (Å²) in [5.74, 6) is 0.935. The number of hydrogen-bond donors (Lipinski definition) is 2. The molecule has 1 aliphatic rings. The second kappa shape index (κ2) is 14.6. The van der Waals surface area contributed by atoms with E-state index < -0.39 is 0 Å². The molecular weight excluding hydrogens is 457 g/mol. The molecule has 2 heterocycles. The van der Waals surface area contributed by atoms with Gasteiger partial charge < -0.3 is 15.5 Å². The number of aryl methyl sites for hydroxylation is 1. The molecule has 0 atom stereocenters. The Morgan fingerprint density at radius 3 is 2.62 bits per heavy atom. The number of nitrogens with zero attached hydrogens (tertiary/aromatic N) is 3. The molecule has 150 valence electrons. The molecule has 0 saturated carbocycles. The molecule has 0 spiro atoms. The number of likely N-dealkylation sites (tertiary alicyclic amines) is 1. The Morgan fingerprint density at radius 1 is 1.19 bits per heavy atom. The summed E-state index contributed by atoms with van der Waals surface area (Å²) in [4.78, 5) is 12.0. The largest absolute Gasteiger partial charge is 0.357 e. The van der Waals surface area contributed by atoms with Gasteiger partial charge in [-0.2, -0.15) is 0 Å². The molecule has 0 aliphatic carbocycles. The first-order chi connectivity index (χ1) is 12.3. The Labute approximate surface area is 180 Å². The van der Waals surface area contributed by atoms with E-state index in [0.29, 0.717) is 0 Å². The van der Waals surface area contributed by atoms with E-state index in [-0.39, 0.29) is 24.0 Å². The van der Waals surface area contributed by atoms with Gasteiger partial charge in [-0.1, -0.05) is 19.8 Å². The molecule has 0 unspecified atom stereocenters. The third-order valence-corrected chi connectivity index (χ3v) is 5.56. The van der Waals surface area contributed by atoms with Crippen molar-refractivity contribution in [3.05, 3.63) is 16.1 Å². The van der Waals surface area contributed by atoms with Crippen LogP contribution in [0.25, 0.3) is 0 Å². The van der Waals surface area contributed by atoms with E-state index in [0.717, 1.165) is 44.9 Å². The van der Waals surface area contributed by atoms with Crippen molar-refractivity contribution in [2.24, 2.45) is 4.99 Å². The molecule has 0 amide bonds. The molecule has 5 nitrogen and oxygen atoms in total. The average molecular weight is 494 g/mol. The highest BCUT2D eigenvalue weighted by Gasteiger charge is 2.08. The fourth-order valence-corrected chi connectivity index (χ4v) is 3.90. The molecular formula is C19H36IN5S. The molecule has 7 heteroatoms. The van der Waals surface area contributed by atoms with Gasteiger partial charge >= 0.3 is 0 Å². The first kappa shape index (κ1) is 23.6. The van der Waals surface area contributed by atoms with Crippen LogP contribution >= 0.6 is 35.3 Å². The topological polar surface area (TPSA) is 52.6 Å². The van der Waals surface area contributed by atoms with Crippen LogP contribution in [0.15, 0.2) is 10.4 Å². The summed E-state index contributed by atoms with van der Waals surface area (Å²) in [6.45, 7) is 10.7. The Kier molecular flexibility index (Phi) is 13.3. The molecule has 2 rings (SSSR count). The molecule has 2 N–H and O–H groups in total. The van der Waals surface area contributed by atoms with E-state index in [1.807, 2.05) is 0 Å². The summed E-state index contributed by atoms with van der Waals surface area (Å²) in [5.41, 5.74) is 1.19. The van der Waals surface area contributed by atoms with Crippen molar-refractivity contribution in [1.82, 2.24) is 20.5 Å². The molecule has 1 aromatic heterocycles. The number of guanidine groups is 1. The minimum Gasteiger partial charge on any atom is -0.357 e. The standard InChI is InChI=1S/C19H35N5S.HI/c1-3-18-23-17(16-25-18)10-12-22-19(20-4-2)21-11-9-15-24-13-7-5-6-8-14-24;/h16H,3-15H2,1-2H3,(H2,20,21,22);1H. The molecule has 1 aliphatic heterocycles. The van der Waals surface area contributed by atoms with Crippen LogP contribution in [0.1, 0.15) is 56.7 Å². The molecule has 1 aromatic rings. The number of thiazole rings is 1. The van der Waals surface area contributed by atoms with Gasteiger partial charge in [-0.05, 0) is 52.2 Å². The van der Waals surface area contributed by atoms with Gasteiger partial charge in [0.2, 0.25) is 0 Å². The second-order valence-corrected chi connectivity index (χ2v) is 7.58. The highest BCUT2D eigenvalue weighted by atomic mass is 127. The Bertz CT molecular complexity index is 498. The van der Waals surface area contributed by atoms with Gasteiger partial charge in [-0.25, -0.2) is 4.98 Å². The van der Waals surface area contributed by atoms with E-state index in [4.69, 9.17) is 4.99 Å². The zero-order valence-electron chi connectivity index (χ0n) is 16.4. The van der Waals surface area contributed by atoms with Crippen LogP contribution in [0.3, 0.4) is 0 Å². The zero-order chi connectivity index (χ0) is 17.7. The van der Waals surface area contributed by atoms with Gasteiger partial charge in [0.15, 0.2) is 5.96 Å². The first-order valence-corrected chi connectivity index (χ1v) is 10.9. The van der Waals surface area contributed by atoms with Crippen molar-refractivity contribution in [3.8, 4) is 0 Å². The average Bonchev–Trinajstić information content (AvgIpc) is 2.92. The van der Waals surface area contributed by atoms with Crippen molar-refractivity contribution in [1.29, 1.82) is 0 Å². The van der Waals surface area contributed by atoms with Crippen molar-refractivity contribution in [2.75, 3.05) is 39.3 Å². The highest BCUT2D eigenvalue weighted by molar-refractivity contribution is 14.0. The molecule has 0 aromatic carbocycles. The molecule has 1 fully saturated rings. The van der Waals surface area contributed by atoms with E-state index in [2.05, 4.69) is 39.7 Å². The molecule has 26 heavy (non-hydrogen) atoms. The first-order valence-electron chi connectivity index (χ1n) is 9.99. The Morgan fingerprint density at radius 2 is 1.96 bits per heavy atom. The van der Waals surface area contributed by atoms with Crippen LogP contribution in [-0.4, -0.2) is 55.1 Å². The van der Waals surface area contributed by atoms with E-state index >= 15 is 0 Å². The molecule has 1 saturated heterocycles. The SMILES string of the molecule is CCNC(=NCCCN1CCCCCC1)NCCc1csc(CC)n1.I. The van der Waals surface area contributed by atoms with Gasteiger partial charge in [-0.15, -0.1) is 35.3 Å². The number of hydrogen-bond acceptors (Lipinski definition) is 4. The van der Waals surface area contributed by atoms with Gasteiger partial charge in [0.05, 0.1) is 10.7 Å². The fraction of sp³-hybridized carbons (Fsp3) is 0.789. The van der Waals surface area contributed by atoms with Gasteiger partial charge in [0.1, 0.15) is 0 Å². The third kappa shape index (κ3) is 9.50. The maximum atomic E-state index is 4.72. The summed E-state index contributed by atoms with van der Waals surface area (Å²) < 4.78 is 0. The minimum absolute atomic E-state index is 0. The normalized spacial score (nSPS) is 16.0. The third-order valence-electron chi connectivity index (χ3n) is 4.52. The summed E-state index contributed by atoms with van der Waals surface area (Å²) in [6, 6.07) is 0. The lowest BCUT2D eigenvalue weighted by atomic mass is 10.2. The van der Waals surface area contributed by atoms with Crippen molar-refractivity contribution < 1.29 is 0 Å². The van der Waals surface area contributed by atoms with Crippen LogP contribution < -0.4 is 10.6 Å². The lowest BCUT2D eigenvalue weighted by molar-refractivity contribution is 0.283. The minimum atomic E-state index is 0. The van der Waals surface area contributed by atoms with Crippen LogP contribution in [-0.2, 0) is 12.8 Å². The summed E-state index contributed by atoms with van der Waals surface area (Å²) in [7, 11) is 0. The predicted octanol–water partition coefficient (Wildman–Crippen LogP) is 3.69. The van der Waals surface area contributed by atoms with E-state index in [9.17, 15) is 0 Å². The quantitative estimate of drug-likeness (QED) is 0.239.